The molecule has 1 aliphatic heterocycles. The molecule has 1 unspecified atom stereocenters. The molecule has 2 aromatic carbocycles. The highest BCUT2D eigenvalue weighted by atomic mass is 35.5. The number of ether oxygens (including phenoxy) is 2. The lowest BCUT2D eigenvalue weighted by Gasteiger charge is -2.37. The van der Waals surface area contributed by atoms with Crippen molar-refractivity contribution < 1.29 is 49.0 Å². The molecule has 1 aliphatic rings. The Kier molecular flexibility index (Phi) is 7.40. The predicted molar refractivity (Wildman–Crippen MR) is 112 cm³/mol. The van der Waals surface area contributed by atoms with E-state index in [0.29, 0.717) is 5.56 Å². The van der Waals surface area contributed by atoms with E-state index in [0.717, 1.165) is 17.7 Å². The van der Waals surface area contributed by atoms with Crippen LogP contribution in [0.4, 0.5) is 15.8 Å². The molecule has 33 heavy (non-hydrogen) atoms. The molecule has 3 rings (SSSR count). The lowest BCUT2D eigenvalue weighted by Crippen LogP contribution is -2.60. The number of carbonyl (C=O) groups is 2. The quantitative estimate of drug-likeness (QED) is 0.258. The van der Waals surface area contributed by atoms with Gasteiger partial charge in [-0.3, -0.25) is 4.79 Å². The van der Waals surface area contributed by atoms with Crippen molar-refractivity contribution in [1.82, 2.24) is 0 Å². The van der Waals surface area contributed by atoms with Gasteiger partial charge in [0.15, 0.2) is 11.9 Å². The van der Waals surface area contributed by atoms with E-state index in [1.54, 1.807) is 25.1 Å². The van der Waals surface area contributed by atoms with Gasteiger partial charge in [0.1, 0.15) is 24.1 Å². The van der Waals surface area contributed by atoms with Gasteiger partial charge in [-0.25, -0.2) is 9.18 Å². The average molecular weight is 486 g/mol. The Labute approximate surface area is 191 Å². The summed E-state index contributed by atoms with van der Waals surface area (Å²) in [6.07, 6.45) is -9.91. The van der Waals surface area contributed by atoms with Crippen LogP contribution in [0.2, 0.25) is 5.02 Å². The van der Waals surface area contributed by atoms with E-state index in [2.05, 4.69) is 5.32 Å². The van der Waals surface area contributed by atoms with Crippen molar-refractivity contribution in [1.29, 1.82) is 0 Å². The first-order valence-corrected chi connectivity index (χ1v) is 10.0. The van der Waals surface area contributed by atoms with Gasteiger partial charge < -0.3 is 40.3 Å². The molecule has 1 fully saturated rings. The summed E-state index contributed by atoms with van der Waals surface area (Å²) in [5.41, 5.74) is 1.23. The Morgan fingerprint density at radius 3 is 2.48 bits per heavy atom. The van der Waals surface area contributed by atoms with E-state index in [-0.39, 0.29) is 22.1 Å². The van der Waals surface area contributed by atoms with Gasteiger partial charge in [-0.15, -0.1) is 0 Å². The van der Waals surface area contributed by atoms with Crippen LogP contribution in [0, 0.1) is 12.7 Å². The molecule has 5 atom stereocenters. The van der Waals surface area contributed by atoms with Crippen LogP contribution in [-0.4, -0.2) is 68.2 Å². The molecule has 2 aromatic rings. The minimum Gasteiger partial charge on any atom is -0.508 e. The molecule has 0 bridgehead atoms. The minimum absolute atomic E-state index is 0.104. The van der Waals surface area contributed by atoms with Gasteiger partial charge in [-0.1, -0.05) is 29.3 Å². The number of hydrogen-bond acceptors (Lipinski definition) is 9. The Morgan fingerprint density at radius 2 is 1.85 bits per heavy atom. The number of halogens is 2. The molecular formula is C21H21ClFNO9. The zero-order valence-corrected chi connectivity index (χ0v) is 17.9. The van der Waals surface area contributed by atoms with Gasteiger partial charge in [-0.05, 0) is 18.6 Å². The molecule has 1 saturated heterocycles. The van der Waals surface area contributed by atoms with Crippen LogP contribution in [0.3, 0.4) is 0 Å². The topological polar surface area (TPSA) is 166 Å². The summed E-state index contributed by atoms with van der Waals surface area (Å²) in [4.78, 5) is 23.7. The van der Waals surface area contributed by atoms with E-state index in [1.165, 1.54) is 0 Å². The van der Waals surface area contributed by atoms with Gasteiger partial charge in [0.2, 0.25) is 6.29 Å². The summed E-state index contributed by atoms with van der Waals surface area (Å²) in [7, 11) is 0. The van der Waals surface area contributed by atoms with Crippen molar-refractivity contribution in [2.45, 2.75) is 44.1 Å². The normalized spacial score (nSPS) is 24.8. The molecule has 0 amide bonds. The number of aliphatic hydroxyl groups excluding tert-OH is 3. The number of carboxylic acid groups (broad SMARTS) is 1. The summed E-state index contributed by atoms with van der Waals surface area (Å²) in [6.45, 7) is 1.75. The molecule has 10 nitrogen and oxygen atoms in total. The Bertz CT molecular complexity index is 1040. The number of nitrogens with one attached hydrogen (secondary N) is 1. The molecule has 6 N–H and O–H groups in total. The number of anilines is 2. The number of aliphatic carboxylic acids is 1. The SMILES string of the molecule is Cc1ccc(Nc2c(F)cc(O)cc2Cl)c(CC(=O)OC2O[C@H](C(=O)O)[C@@H](O)[C@H](O)[C@H]2O)c1. The third-order valence-corrected chi connectivity index (χ3v) is 5.24. The van der Waals surface area contributed by atoms with Gasteiger partial charge in [0, 0.05) is 17.8 Å². The number of aryl methyl sites for hydroxylation is 1. The van der Waals surface area contributed by atoms with E-state index in [1.807, 2.05) is 0 Å². The van der Waals surface area contributed by atoms with Crippen LogP contribution in [-0.2, 0) is 25.5 Å². The second-order valence-corrected chi connectivity index (χ2v) is 7.88. The van der Waals surface area contributed by atoms with Crippen LogP contribution >= 0.6 is 11.6 Å². The second-order valence-electron chi connectivity index (χ2n) is 7.47. The van der Waals surface area contributed by atoms with Crippen LogP contribution in [0.5, 0.6) is 5.75 Å². The van der Waals surface area contributed by atoms with E-state index in [4.69, 9.17) is 26.2 Å². The first-order valence-electron chi connectivity index (χ1n) is 9.64. The molecule has 12 heteroatoms. The fourth-order valence-electron chi connectivity index (χ4n) is 3.28. The molecule has 0 spiro atoms. The summed E-state index contributed by atoms with van der Waals surface area (Å²) >= 11 is 5.99. The van der Waals surface area contributed by atoms with E-state index < -0.39 is 54.9 Å². The summed E-state index contributed by atoms with van der Waals surface area (Å²) in [5, 5.41) is 50.7. The molecular weight excluding hydrogens is 465 g/mol. The van der Waals surface area contributed by atoms with Crippen LogP contribution in [0.25, 0.3) is 0 Å². The van der Waals surface area contributed by atoms with Crippen molar-refractivity contribution in [3.05, 3.63) is 52.3 Å². The number of benzene rings is 2. The molecule has 0 radical (unpaired) electrons. The Morgan fingerprint density at radius 1 is 1.15 bits per heavy atom. The number of rotatable bonds is 6. The van der Waals surface area contributed by atoms with Crippen molar-refractivity contribution in [2.75, 3.05) is 5.32 Å². The smallest absolute Gasteiger partial charge is 0.335 e. The summed E-state index contributed by atoms with van der Waals surface area (Å²) in [6, 6.07) is 6.85. The second kappa shape index (κ2) is 9.89. The fraction of sp³-hybridized carbons (Fsp3) is 0.333. The number of phenols is 1. The monoisotopic (exact) mass is 485 g/mol. The van der Waals surface area contributed by atoms with Crippen molar-refractivity contribution in [2.24, 2.45) is 0 Å². The van der Waals surface area contributed by atoms with Crippen molar-refractivity contribution in [3.8, 4) is 5.75 Å². The number of aromatic hydroxyl groups is 1. The Balaban J connectivity index is 1.79. The van der Waals surface area contributed by atoms with E-state index in [9.17, 15) is 34.4 Å². The Hall–Kier alpha value is -2.96. The van der Waals surface area contributed by atoms with Gasteiger partial charge in [0.05, 0.1) is 17.1 Å². The average Bonchev–Trinajstić information content (AvgIpc) is 2.72. The number of carbonyl (C=O) groups excluding carboxylic acids is 1. The summed E-state index contributed by atoms with van der Waals surface area (Å²) in [5.74, 6) is -3.78. The zero-order valence-electron chi connectivity index (χ0n) is 17.1. The fourth-order valence-corrected chi connectivity index (χ4v) is 3.53. The standard InChI is InChI=1S/C21H21ClFNO9/c1-8-2-3-13(24-15-11(22)6-10(25)7-12(15)23)9(4-8)5-14(26)32-21-18(29)16(27)17(28)19(33-21)20(30)31/h2-4,6-7,16-19,21,24-25,27-29H,5H2,1H3,(H,30,31)/t16-,17-,18+,19-,21?/m0/s1. The number of carboxylic acids is 1. The summed E-state index contributed by atoms with van der Waals surface area (Å²) < 4.78 is 24.2. The highest BCUT2D eigenvalue weighted by molar-refractivity contribution is 6.33. The molecule has 178 valence electrons. The van der Waals surface area contributed by atoms with Crippen molar-refractivity contribution in [3.63, 3.8) is 0 Å². The van der Waals surface area contributed by atoms with Gasteiger partial charge >= 0.3 is 11.9 Å². The number of phenolic OH excluding ortho intramolecular Hbond substituents is 1. The minimum atomic E-state index is -1.93. The third-order valence-electron chi connectivity index (χ3n) is 4.94. The first kappa shape index (κ1) is 24.7. The third kappa shape index (κ3) is 5.52. The number of aliphatic hydroxyl groups is 3. The molecule has 0 saturated carbocycles. The van der Waals surface area contributed by atoms with Crippen LogP contribution in [0.15, 0.2) is 30.3 Å². The lowest BCUT2D eigenvalue weighted by molar-refractivity contribution is -0.286. The van der Waals surface area contributed by atoms with Crippen LogP contribution in [0.1, 0.15) is 11.1 Å². The van der Waals surface area contributed by atoms with Crippen molar-refractivity contribution >= 4 is 34.9 Å². The maximum absolute atomic E-state index is 14.3. The molecule has 0 aliphatic carbocycles. The van der Waals surface area contributed by atoms with Gasteiger partial charge in [-0.2, -0.15) is 0 Å². The lowest BCUT2D eigenvalue weighted by atomic mass is 9.99. The molecule has 0 aromatic heterocycles. The maximum Gasteiger partial charge on any atom is 0.335 e. The van der Waals surface area contributed by atoms with Gasteiger partial charge in [0.25, 0.3) is 0 Å². The highest BCUT2D eigenvalue weighted by Gasteiger charge is 2.48. The zero-order chi connectivity index (χ0) is 24.4. The van der Waals surface area contributed by atoms with Crippen LogP contribution < -0.4 is 5.32 Å². The number of esters is 1. The first-order chi connectivity index (χ1) is 15.5. The van der Waals surface area contributed by atoms with E-state index >= 15 is 0 Å². The largest absolute Gasteiger partial charge is 0.508 e. The highest BCUT2D eigenvalue weighted by Crippen LogP contribution is 2.33. The predicted octanol–water partition coefficient (Wildman–Crippen LogP) is 1.21. The maximum atomic E-state index is 14.3. The molecule has 1 heterocycles. The number of hydrogen-bond donors (Lipinski definition) is 6.